The van der Waals surface area contributed by atoms with Crippen LogP contribution in [0.1, 0.15) is 31.4 Å². The van der Waals surface area contributed by atoms with E-state index in [1.807, 2.05) is 0 Å². The van der Waals surface area contributed by atoms with E-state index >= 15 is 0 Å². The average molecular weight is 278 g/mol. The van der Waals surface area contributed by atoms with Gasteiger partial charge in [-0.2, -0.15) is 11.8 Å². The number of rotatable bonds is 5. The van der Waals surface area contributed by atoms with Crippen molar-refractivity contribution in [2.24, 2.45) is 0 Å². The van der Waals surface area contributed by atoms with Crippen molar-refractivity contribution >= 4 is 17.4 Å². The summed E-state index contributed by atoms with van der Waals surface area (Å²) < 4.78 is 0. The Balaban J connectivity index is 2.05. The van der Waals surface area contributed by atoms with Crippen molar-refractivity contribution < 1.29 is 0 Å². The Kier molecular flexibility index (Phi) is 5.17. The fourth-order valence-corrected chi connectivity index (χ4v) is 3.84. The summed E-state index contributed by atoms with van der Waals surface area (Å²) >= 11 is 2.07. The van der Waals surface area contributed by atoms with Crippen molar-refractivity contribution in [3.05, 3.63) is 29.3 Å². The van der Waals surface area contributed by atoms with Gasteiger partial charge in [0.1, 0.15) is 0 Å². The summed E-state index contributed by atoms with van der Waals surface area (Å²) in [4.78, 5) is 2.47. The van der Waals surface area contributed by atoms with Crippen molar-refractivity contribution in [2.75, 3.05) is 23.5 Å². The molecule has 0 bridgehead atoms. The molecule has 2 rings (SSSR count). The van der Waals surface area contributed by atoms with Crippen LogP contribution < -0.4 is 10.2 Å². The van der Waals surface area contributed by atoms with Crippen LogP contribution >= 0.6 is 11.8 Å². The highest BCUT2D eigenvalue weighted by atomic mass is 32.2. The van der Waals surface area contributed by atoms with E-state index in [4.69, 9.17) is 0 Å². The molecule has 1 aromatic carbocycles. The van der Waals surface area contributed by atoms with Gasteiger partial charge in [0.15, 0.2) is 0 Å². The largest absolute Gasteiger partial charge is 0.371 e. The summed E-state index contributed by atoms with van der Waals surface area (Å²) in [5.41, 5.74) is 4.16. The molecular weight excluding hydrogens is 252 g/mol. The van der Waals surface area contributed by atoms with Gasteiger partial charge in [-0.15, -0.1) is 0 Å². The molecule has 1 aromatic rings. The van der Waals surface area contributed by atoms with Gasteiger partial charge in [-0.25, -0.2) is 0 Å². The SMILES string of the molecule is Cc1cc(CNC(C)C)ccc1N(C)C1CCSC1. The molecule has 19 heavy (non-hydrogen) atoms. The molecule has 0 saturated carbocycles. The van der Waals surface area contributed by atoms with Crippen molar-refractivity contribution in [3.63, 3.8) is 0 Å². The van der Waals surface area contributed by atoms with Crippen LogP contribution in [-0.4, -0.2) is 30.6 Å². The van der Waals surface area contributed by atoms with Crippen LogP contribution in [0.2, 0.25) is 0 Å². The number of aryl methyl sites for hydroxylation is 1. The van der Waals surface area contributed by atoms with Gasteiger partial charge in [-0.3, -0.25) is 0 Å². The van der Waals surface area contributed by atoms with Crippen LogP contribution in [-0.2, 0) is 6.54 Å². The second kappa shape index (κ2) is 6.67. The first-order valence-corrected chi connectivity index (χ1v) is 8.37. The van der Waals surface area contributed by atoms with Gasteiger partial charge in [0, 0.05) is 37.1 Å². The number of hydrogen-bond donors (Lipinski definition) is 1. The molecule has 1 aliphatic heterocycles. The first-order valence-electron chi connectivity index (χ1n) is 7.21. The van der Waals surface area contributed by atoms with Crippen LogP contribution in [0.15, 0.2) is 18.2 Å². The van der Waals surface area contributed by atoms with Gasteiger partial charge in [-0.05, 0) is 36.3 Å². The summed E-state index contributed by atoms with van der Waals surface area (Å²) in [6.07, 6.45) is 1.32. The Bertz CT molecular complexity index is 411. The standard InChI is InChI=1S/C16H26N2S/c1-12(2)17-10-14-5-6-16(13(3)9-14)18(4)15-7-8-19-11-15/h5-6,9,12,15,17H,7-8,10-11H2,1-4H3. The van der Waals surface area contributed by atoms with Crippen LogP contribution in [0.4, 0.5) is 5.69 Å². The topological polar surface area (TPSA) is 15.3 Å². The molecular formula is C16H26N2S. The summed E-state index contributed by atoms with van der Waals surface area (Å²) in [5.74, 6) is 2.58. The number of thioether (sulfide) groups is 1. The number of hydrogen-bond acceptors (Lipinski definition) is 3. The van der Waals surface area contributed by atoms with Crippen LogP contribution in [0.5, 0.6) is 0 Å². The Hall–Kier alpha value is -0.670. The fourth-order valence-electron chi connectivity index (χ4n) is 2.57. The highest BCUT2D eigenvalue weighted by molar-refractivity contribution is 7.99. The predicted octanol–water partition coefficient (Wildman–Crippen LogP) is 3.43. The van der Waals surface area contributed by atoms with E-state index in [9.17, 15) is 0 Å². The fraction of sp³-hybridized carbons (Fsp3) is 0.625. The average Bonchev–Trinajstić information content (AvgIpc) is 2.89. The van der Waals surface area contributed by atoms with E-state index in [0.29, 0.717) is 12.1 Å². The van der Waals surface area contributed by atoms with E-state index in [0.717, 1.165) is 6.54 Å². The van der Waals surface area contributed by atoms with Crippen LogP contribution in [0.3, 0.4) is 0 Å². The van der Waals surface area contributed by atoms with Crippen LogP contribution in [0, 0.1) is 6.92 Å². The molecule has 1 aliphatic rings. The lowest BCUT2D eigenvalue weighted by atomic mass is 10.1. The molecule has 0 amide bonds. The minimum absolute atomic E-state index is 0.540. The molecule has 1 heterocycles. The van der Waals surface area contributed by atoms with E-state index in [1.54, 1.807) is 0 Å². The minimum Gasteiger partial charge on any atom is -0.371 e. The molecule has 106 valence electrons. The minimum atomic E-state index is 0.540. The lowest BCUT2D eigenvalue weighted by Gasteiger charge is -2.28. The number of anilines is 1. The quantitative estimate of drug-likeness (QED) is 0.888. The predicted molar refractivity (Wildman–Crippen MR) is 87.3 cm³/mol. The number of nitrogens with zero attached hydrogens (tertiary/aromatic N) is 1. The third-order valence-corrected chi connectivity index (χ3v) is 4.95. The molecule has 0 spiro atoms. The molecule has 2 nitrogen and oxygen atoms in total. The third-order valence-electron chi connectivity index (χ3n) is 3.81. The Morgan fingerprint density at radius 1 is 1.42 bits per heavy atom. The number of nitrogens with one attached hydrogen (secondary N) is 1. The zero-order valence-electron chi connectivity index (χ0n) is 12.6. The molecule has 1 atom stereocenters. The summed E-state index contributed by atoms with van der Waals surface area (Å²) in [6, 6.07) is 8.12. The van der Waals surface area contributed by atoms with Gasteiger partial charge in [-0.1, -0.05) is 26.0 Å². The zero-order chi connectivity index (χ0) is 13.8. The molecule has 0 radical (unpaired) electrons. The highest BCUT2D eigenvalue weighted by Gasteiger charge is 2.21. The maximum absolute atomic E-state index is 3.48. The molecule has 1 saturated heterocycles. The summed E-state index contributed by atoms with van der Waals surface area (Å²) in [6.45, 7) is 7.56. The Labute approximate surface area is 122 Å². The molecule has 0 aliphatic carbocycles. The normalized spacial score (nSPS) is 19.1. The maximum atomic E-state index is 3.48. The second-order valence-corrected chi connectivity index (χ2v) is 6.93. The maximum Gasteiger partial charge on any atom is 0.0396 e. The van der Waals surface area contributed by atoms with Crippen LogP contribution in [0.25, 0.3) is 0 Å². The zero-order valence-corrected chi connectivity index (χ0v) is 13.4. The van der Waals surface area contributed by atoms with Gasteiger partial charge < -0.3 is 10.2 Å². The second-order valence-electron chi connectivity index (χ2n) is 5.78. The molecule has 1 fully saturated rings. The van der Waals surface area contributed by atoms with Gasteiger partial charge >= 0.3 is 0 Å². The van der Waals surface area contributed by atoms with E-state index < -0.39 is 0 Å². The van der Waals surface area contributed by atoms with Gasteiger partial charge in [0.25, 0.3) is 0 Å². The third kappa shape index (κ3) is 3.90. The lowest BCUT2D eigenvalue weighted by Crippen LogP contribution is -2.31. The van der Waals surface area contributed by atoms with Gasteiger partial charge in [0.05, 0.1) is 0 Å². The molecule has 0 aromatic heterocycles. The van der Waals surface area contributed by atoms with E-state index in [-0.39, 0.29) is 0 Å². The molecule has 1 unspecified atom stereocenters. The summed E-state index contributed by atoms with van der Waals surface area (Å²) in [5, 5.41) is 3.48. The number of benzene rings is 1. The molecule has 3 heteroatoms. The first kappa shape index (κ1) is 14.7. The smallest absolute Gasteiger partial charge is 0.0396 e. The highest BCUT2D eigenvalue weighted by Crippen LogP contribution is 2.28. The van der Waals surface area contributed by atoms with Crippen molar-refractivity contribution in [1.82, 2.24) is 5.32 Å². The Morgan fingerprint density at radius 2 is 2.21 bits per heavy atom. The summed E-state index contributed by atoms with van der Waals surface area (Å²) in [7, 11) is 2.24. The van der Waals surface area contributed by atoms with Crippen molar-refractivity contribution in [1.29, 1.82) is 0 Å². The lowest BCUT2D eigenvalue weighted by molar-refractivity contribution is 0.588. The van der Waals surface area contributed by atoms with E-state index in [2.05, 4.69) is 68.0 Å². The molecule has 1 N–H and O–H groups in total. The Morgan fingerprint density at radius 3 is 2.79 bits per heavy atom. The van der Waals surface area contributed by atoms with Crippen molar-refractivity contribution in [3.8, 4) is 0 Å². The monoisotopic (exact) mass is 278 g/mol. The van der Waals surface area contributed by atoms with Gasteiger partial charge in [0.2, 0.25) is 0 Å². The first-order chi connectivity index (χ1) is 9.08. The van der Waals surface area contributed by atoms with Crippen molar-refractivity contribution in [2.45, 2.75) is 45.8 Å². The van der Waals surface area contributed by atoms with E-state index in [1.165, 1.54) is 34.7 Å².